The lowest BCUT2D eigenvalue weighted by Gasteiger charge is -2.16. The average molecular weight is 648 g/mol. The fourth-order valence-electron chi connectivity index (χ4n) is 8.38. The van der Waals surface area contributed by atoms with Crippen LogP contribution in [0.15, 0.2) is 180 Å². The van der Waals surface area contributed by atoms with Crippen LogP contribution in [0.25, 0.3) is 93.9 Å². The zero-order chi connectivity index (χ0) is 33.5. The molecule has 0 spiro atoms. The zero-order valence-corrected chi connectivity index (χ0v) is 27.8. The molecule has 2 aromatic heterocycles. The Morgan fingerprint density at radius 1 is 0.373 bits per heavy atom. The highest BCUT2D eigenvalue weighted by Gasteiger charge is 2.26. The lowest BCUT2D eigenvalue weighted by atomic mass is 9.68. The maximum atomic E-state index is 6.16. The minimum Gasteiger partial charge on any atom is -0.456 e. The summed E-state index contributed by atoms with van der Waals surface area (Å²) in [5, 5.41) is 4.82. The first kappa shape index (κ1) is 28.3. The Hall–Kier alpha value is -6.58. The van der Waals surface area contributed by atoms with Gasteiger partial charge in [-0.1, -0.05) is 144 Å². The predicted octanol–water partition coefficient (Wildman–Crippen LogP) is 11.1. The number of aromatic nitrogens is 1. The molecule has 0 amide bonds. The number of fused-ring (bicyclic) bond motifs is 9. The molecule has 0 unspecified atom stereocenters. The summed E-state index contributed by atoms with van der Waals surface area (Å²) in [7, 11) is 0.922. The molecule has 3 heteroatoms. The molecule has 0 N–H and O–H groups in total. The van der Waals surface area contributed by atoms with Gasteiger partial charge in [-0.3, -0.25) is 0 Å². The normalized spacial score (nSPS) is 12.1. The van der Waals surface area contributed by atoms with Gasteiger partial charge in [0.25, 0.3) is 0 Å². The molecule has 3 heterocycles. The first-order valence-electron chi connectivity index (χ1n) is 17.6. The minimum atomic E-state index is 0.921. The van der Waals surface area contributed by atoms with Crippen molar-refractivity contribution in [3.63, 3.8) is 0 Å². The van der Waals surface area contributed by atoms with Crippen molar-refractivity contribution in [2.24, 2.45) is 0 Å². The summed E-state index contributed by atoms with van der Waals surface area (Å²) in [6, 6.07) is 64.1. The number of hydrogen-bond acceptors (Lipinski definition) is 1. The van der Waals surface area contributed by atoms with E-state index in [1.54, 1.807) is 0 Å². The quantitative estimate of drug-likeness (QED) is 0.174. The van der Waals surface area contributed by atoms with Crippen molar-refractivity contribution in [2.75, 3.05) is 0 Å². The SMILES string of the molecule is B1c2ccc(-c3ccc4oc5ccccc5c4c3)cc2-c2c1cccc2-n1c2cc(-c3ccccc3)ccc2c2ccc(-c3ccccc3)cc21. The highest BCUT2D eigenvalue weighted by Crippen LogP contribution is 2.40. The largest absolute Gasteiger partial charge is 0.456 e. The molecular formula is C48H30BNO. The van der Waals surface area contributed by atoms with Gasteiger partial charge in [0.15, 0.2) is 7.28 Å². The van der Waals surface area contributed by atoms with Gasteiger partial charge in [-0.25, -0.2) is 0 Å². The number of para-hydroxylation sites is 1. The monoisotopic (exact) mass is 647 g/mol. The summed E-state index contributed by atoms with van der Waals surface area (Å²) in [6.45, 7) is 0. The highest BCUT2D eigenvalue weighted by molar-refractivity contribution is 6.73. The molecule has 0 atom stereocenters. The molecule has 0 saturated heterocycles. The molecule has 8 aromatic carbocycles. The fourth-order valence-corrected chi connectivity index (χ4v) is 8.38. The van der Waals surface area contributed by atoms with E-state index in [1.807, 2.05) is 12.1 Å². The van der Waals surface area contributed by atoms with Crippen molar-refractivity contribution in [1.82, 2.24) is 4.57 Å². The Bertz CT molecular complexity index is 2890. The molecule has 1 aliphatic heterocycles. The van der Waals surface area contributed by atoms with Gasteiger partial charge in [0, 0.05) is 21.5 Å². The Morgan fingerprint density at radius 2 is 0.961 bits per heavy atom. The van der Waals surface area contributed by atoms with E-state index in [4.69, 9.17) is 4.42 Å². The van der Waals surface area contributed by atoms with E-state index in [0.717, 1.165) is 29.2 Å². The van der Waals surface area contributed by atoms with Crippen LogP contribution in [0.1, 0.15) is 0 Å². The molecule has 10 aromatic rings. The number of furan rings is 1. The van der Waals surface area contributed by atoms with Crippen LogP contribution in [0.3, 0.4) is 0 Å². The lowest BCUT2D eigenvalue weighted by molar-refractivity contribution is 0.669. The Kier molecular flexibility index (Phi) is 6.08. The van der Waals surface area contributed by atoms with Crippen molar-refractivity contribution in [1.29, 1.82) is 0 Å². The molecule has 0 saturated carbocycles. The molecule has 0 fully saturated rings. The van der Waals surface area contributed by atoms with Crippen LogP contribution in [0.5, 0.6) is 0 Å². The van der Waals surface area contributed by atoms with E-state index < -0.39 is 0 Å². The summed E-state index contributed by atoms with van der Waals surface area (Å²) in [4.78, 5) is 0. The summed E-state index contributed by atoms with van der Waals surface area (Å²) in [5.74, 6) is 0. The first-order chi connectivity index (χ1) is 25.3. The molecule has 0 bridgehead atoms. The van der Waals surface area contributed by atoms with Crippen LogP contribution in [-0.2, 0) is 0 Å². The molecule has 0 aliphatic carbocycles. The topological polar surface area (TPSA) is 18.1 Å². The zero-order valence-electron chi connectivity index (χ0n) is 27.8. The standard InChI is InChI=1S/C48H30BNO/c1-3-10-30(11-4-1)34-18-22-36-37-23-19-35(31-12-5-2-6-13-31)29-45(37)50(44(36)28-34)43-16-9-15-42-48(43)40-27-32(20-24-41(40)49-42)33-21-25-47-39(26-33)38-14-7-8-17-46(38)51-47/h1-29,49H. The Labute approximate surface area is 296 Å². The Morgan fingerprint density at radius 3 is 1.69 bits per heavy atom. The highest BCUT2D eigenvalue weighted by atomic mass is 16.3. The van der Waals surface area contributed by atoms with E-state index in [2.05, 4.69) is 168 Å². The van der Waals surface area contributed by atoms with Crippen LogP contribution in [0, 0.1) is 0 Å². The van der Waals surface area contributed by atoms with E-state index in [-0.39, 0.29) is 0 Å². The number of hydrogen-bond donors (Lipinski definition) is 0. The second-order valence-corrected chi connectivity index (χ2v) is 13.7. The third-order valence-electron chi connectivity index (χ3n) is 10.8. The van der Waals surface area contributed by atoms with Gasteiger partial charge in [0.05, 0.1) is 16.7 Å². The lowest BCUT2D eigenvalue weighted by Crippen LogP contribution is -2.20. The second-order valence-electron chi connectivity index (χ2n) is 13.7. The van der Waals surface area contributed by atoms with Gasteiger partial charge >= 0.3 is 0 Å². The summed E-state index contributed by atoms with van der Waals surface area (Å²) in [6.07, 6.45) is 0. The van der Waals surface area contributed by atoms with Crippen LogP contribution in [-0.4, -0.2) is 11.8 Å². The van der Waals surface area contributed by atoms with Gasteiger partial charge < -0.3 is 8.98 Å². The maximum absolute atomic E-state index is 6.16. The molecular weight excluding hydrogens is 617 g/mol. The minimum absolute atomic E-state index is 0.921. The molecule has 1 aliphatic rings. The predicted molar refractivity (Wildman–Crippen MR) is 216 cm³/mol. The van der Waals surface area contributed by atoms with Gasteiger partial charge in [-0.2, -0.15) is 0 Å². The number of benzene rings is 8. The van der Waals surface area contributed by atoms with Crippen LogP contribution in [0.4, 0.5) is 0 Å². The summed E-state index contributed by atoms with van der Waals surface area (Å²) >= 11 is 0. The Balaban J connectivity index is 1.15. The van der Waals surface area contributed by atoms with Crippen molar-refractivity contribution >= 4 is 61.9 Å². The van der Waals surface area contributed by atoms with Crippen molar-refractivity contribution < 1.29 is 4.42 Å². The summed E-state index contributed by atoms with van der Waals surface area (Å²) < 4.78 is 8.68. The average Bonchev–Trinajstić information content (AvgIpc) is 3.87. The van der Waals surface area contributed by atoms with Crippen LogP contribution in [0.2, 0.25) is 0 Å². The van der Waals surface area contributed by atoms with E-state index >= 15 is 0 Å². The van der Waals surface area contributed by atoms with E-state index in [0.29, 0.717) is 0 Å². The third-order valence-corrected chi connectivity index (χ3v) is 10.8. The molecule has 0 radical (unpaired) electrons. The number of nitrogens with zero attached hydrogens (tertiary/aromatic N) is 1. The van der Waals surface area contributed by atoms with Gasteiger partial charge in [-0.15, -0.1) is 0 Å². The van der Waals surface area contributed by atoms with Crippen LogP contribution < -0.4 is 10.9 Å². The maximum Gasteiger partial charge on any atom is 0.193 e. The molecule has 51 heavy (non-hydrogen) atoms. The number of rotatable bonds is 4. The second kappa shape index (κ2) is 11.0. The van der Waals surface area contributed by atoms with Crippen molar-refractivity contribution in [3.8, 4) is 50.2 Å². The first-order valence-corrected chi connectivity index (χ1v) is 17.6. The molecule has 11 rings (SSSR count). The molecule has 2 nitrogen and oxygen atoms in total. The van der Waals surface area contributed by atoms with Crippen molar-refractivity contribution in [2.45, 2.75) is 0 Å². The van der Waals surface area contributed by atoms with Gasteiger partial charge in [0.1, 0.15) is 11.2 Å². The smallest absolute Gasteiger partial charge is 0.193 e. The van der Waals surface area contributed by atoms with Crippen molar-refractivity contribution in [3.05, 3.63) is 176 Å². The van der Waals surface area contributed by atoms with Crippen LogP contribution >= 0.6 is 0 Å². The third kappa shape index (κ3) is 4.38. The molecule has 236 valence electrons. The van der Waals surface area contributed by atoms with Gasteiger partial charge in [0.2, 0.25) is 0 Å². The fraction of sp³-hybridized carbons (Fsp3) is 0. The van der Waals surface area contributed by atoms with Gasteiger partial charge in [-0.05, 0) is 87.0 Å². The van der Waals surface area contributed by atoms with E-state index in [1.165, 1.54) is 82.9 Å². The summed E-state index contributed by atoms with van der Waals surface area (Å²) in [5.41, 5.74) is 18.1. The van der Waals surface area contributed by atoms with E-state index in [9.17, 15) is 0 Å².